The number of fused-ring (bicyclic) bond motifs is 1. The van der Waals surface area contributed by atoms with Crippen molar-refractivity contribution in [2.45, 2.75) is 26.4 Å². The number of rotatable bonds is 3. The zero-order chi connectivity index (χ0) is 16.7. The van der Waals surface area contributed by atoms with Crippen LogP contribution in [0.15, 0.2) is 27.1 Å². The van der Waals surface area contributed by atoms with E-state index in [1.54, 1.807) is 0 Å². The van der Waals surface area contributed by atoms with Crippen molar-refractivity contribution in [1.82, 2.24) is 20.1 Å². The maximum Gasteiger partial charge on any atom is 0.209 e. The van der Waals surface area contributed by atoms with Crippen LogP contribution in [-0.2, 0) is 11.3 Å². The minimum Gasteiger partial charge on any atom is -0.439 e. The highest BCUT2D eigenvalue weighted by atomic mass is 79.9. The van der Waals surface area contributed by atoms with Crippen LogP contribution in [0.2, 0.25) is 0 Å². The first kappa shape index (κ1) is 15.8. The average molecular weight is 391 g/mol. The Balaban J connectivity index is 1.63. The van der Waals surface area contributed by atoms with Crippen LogP contribution < -0.4 is 0 Å². The van der Waals surface area contributed by atoms with E-state index in [1.165, 1.54) is 5.56 Å². The summed E-state index contributed by atoms with van der Waals surface area (Å²) in [5, 5.41) is 7.40. The minimum absolute atomic E-state index is 0.166. The Bertz CT molecular complexity index is 853. The number of hydrogen-bond acceptors (Lipinski definition) is 5. The molecule has 1 fully saturated rings. The van der Waals surface area contributed by atoms with Crippen LogP contribution in [0.4, 0.5) is 0 Å². The lowest BCUT2D eigenvalue weighted by atomic mass is 10.0. The van der Waals surface area contributed by atoms with Gasteiger partial charge in [0.15, 0.2) is 5.58 Å². The molecular weight excluding hydrogens is 372 g/mol. The van der Waals surface area contributed by atoms with E-state index >= 15 is 0 Å². The standard InChI is InChI=1S/C17H19BrN4O2/c1-10-17(11(2)21-20-10)14-9-23-6-5-22(14)8-16-19-13-7-12(18)3-4-15(13)24-16/h3-4,7,14H,5-6,8-9H2,1-2H3,(H,20,21). The van der Waals surface area contributed by atoms with Crippen LogP contribution in [0.5, 0.6) is 0 Å². The third-order valence-corrected chi connectivity index (χ3v) is 4.98. The fourth-order valence-corrected chi connectivity index (χ4v) is 3.68. The average Bonchev–Trinajstić information content (AvgIpc) is 3.10. The summed E-state index contributed by atoms with van der Waals surface area (Å²) in [6.07, 6.45) is 0. The number of H-pyrrole nitrogens is 1. The van der Waals surface area contributed by atoms with Crippen molar-refractivity contribution in [2.24, 2.45) is 0 Å². The van der Waals surface area contributed by atoms with Gasteiger partial charge in [-0.05, 0) is 32.0 Å². The molecule has 1 aliphatic rings. The summed E-state index contributed by atoms with van der Waals surface area (Å²) in [5.74, 6) is 0.730. The van der Waals surface area contributed by atoms with Gasteiger partial charge in [0.1, 0.15) is 5.52 Å². The second kappa shape index (κ2) is 6.31. The van der Waals surface area contributed by atoms with Gasteiger partial charge in [-0.2, -0.15) is 5.10 Å². The maximum atomic E-state index is 5.91. The van der Waals surface area contributed by atoms with E-state index in [4.69, 9.17) is 9.15 Å². The van der Waals surface area contributed by atoms with Crippen LogP contribution in [0.3, 0.4) is 0 Å². The van der Waals surface area contributed by atoms with E-state index in [0.29, 0.717) is 13.2 Å². The molecule has 24 heavy (non-hydrogen) atoms. The van der Waals surface area contributed by atoms with Gasteiger partial charge < -0.3 is 9.15 Å². The number of nitrogens with zero attached hydrogens (tertiary/aromatic N) is 3. The molecule has 1 N–H and O–H groups in total. The predicted octanol–water partition coefficient (Wildman–Crippen LogP) is 3.50. The summed E-state index contributed by atoms with van der Waals surface area (Å²) in [6, 6.07) is 6.05. The summed E-state index contributed by atoms with van der Waals surface area (Å²) < 4.78 is 12.6. The lowest BCUT2D eigenvalue weighted by Crippen LogP contribution is -2.39. The van der Waals surface area contributed by atoms with Gasteiger partial charge in [0.2, 0.25) is 5.89 Å². The molecule has 4 rings (SSSR count). The summed E-state index contributed by atoms with van der Waals surface area (Å²) in [5.41, 5.74) is 5.02. The number of morpholine rings is 1. The summed E-state index contributed by atoms with van der Waals surface area (Å²) in [6.45, 7) is 6.97. The van der Waals surface area contributed by atoms with Crippen LogP contribution in [0.25, 0.3) is 11.1 Å². The smallest absolute Gasteiger partial charge is 0.209 e. The number of halogens is 1. The summed E-state index contributed by atoms with van der Waals surface area (Å²) in [4.78, 5) is 6.98. The first-order valence-electron chi connectivity index (χ1n) is 8.00. The molecule has 0 saturated carbocycles. The second-order valence-electron chi connectivity index (χ2n) is 6.13. The maximum absolute atomic E-state index is 5.91. The SMILES string of the molecule is Cc1n[nH]c(C)c1C1COCCN1Cc1nc2cc(Br)ccc2o1. The lowest BCUT2D eigenvalue weighted by Gasteiger charge is -2.35. The highest BCUT2D eigenvalue weighted by molar-refractivity contribution is 9.10. The monoisotopic (exact) mass is 390 g/mol. The van der Waals surface area contributed by atoms with E-state index in [1.807, 2.05) is 25.1 Å². The second-order valence-corrected chi connectivity index (χ2v) is 7.04. The number of hydrogen-bond donors (Lipinski definition) is 1. The van der Waals surface area contributed by atoms with Crippen molar-refractivity contribution in [3.05, 3.63) is 45.5 Å². The van der Waals surface area contributed by atoms with Crippen molar-refractivity contribution < 1.29 is 9.15 Å². The topological polar surface area (TPSA) is 67.2 Å². The molecule has 2 aromatic heterocycles. The molecule has 0 amide bonds. The number of aromatic nitrogens is 3. The van der Waals surface area contributed by atoms with Crippen molar-refractivity contribution in [3.8, 4) is 0 Å². The van der Waals surface area contributed by atoms with E-state index in [0.717, 1.165) is 46.0 Å². The van der Waals surface area contributed by atoms with Gasteiger partial charge in [-0.15, -0.1) is 0 Å². The lowest BCUT2D eigenvalue weighted by molar-refractivity contribution is -0.0163. The van der Waals surface area contributed by atoms with Crippen molar-refractivity contribution in [3.63, 3.8) is 0 Å². The van der Waals surface area contributed by atoms with Crippen molar-refractivity contribution in [2.75, 3.05) is 19.8 Å². The van der Waals surface area contributed by atoms with E-state index in [9.17, 15) is 0 Å². The molecule has 7 heteroatoms. The van der Waals surface area contributed by atoms with Crippen LogP contribution >= 0.6 is 15.9 Å². The van der Waals surface area contributed by atoms with Gasteiger partial charge in [0.25, 0.3) is 0 Å². The van der Waals surface area contributed by atoms with Gasteiger partial charge in [0.05, 0.1) is 31.5 Å². The Morgan fingerprint density at radius 3 is 3.04 bits per heavy atom. The molecule has 1 atom stereocenters. The Labute approximate surface area is 148 Å². The molecule has 3 aromatic rings. The quantitative estimate of drug-likeness (QED) is 0.740. The fourth-order valence-electron chi connectivity index (χ4n) is 3.33. The number of oxazole rings is 1. The van der Waals surface area contributed by atoms with E-state index < -0.39 is 0 Å². The zero-order valence-electron chi connectivity index (χ0n) is 13.7. The fraction of sp³-hybridized carbons (Fsp3) is 0.412. The minimum atomic E-state index is 0.166. The number of ether oxygens (including phenoxy) is 1. The Morgan fingerprint density at radius 1 is 1.38 bits per heavy atom. The molecule has 0 radical (unpaired) electrons. The van der Waals surface area contributed by atoms with Gasteiger partial charge in [0, 0.05) is 22.3 Å². The molecule has 1 aliphatic heterocycles. The van der Waals surface area contributed by atoms with Crippen molar-refractivity contribution in [1.29, 1.82) is 0 Å². The zero-order valence-corrected chi connectivity index (χ0v) is 15.3. The number of aryl methyl sites for hydroxylation is 2. The molecule has 126 valence electrons. The summed E-state index contributed by atoms with van der Waals surface area (Å²) in [7, 11) is 0. The Morgan fingerprint density at radius 2 is 2.25 bits per heavy atom. The normalized spacial score (nSPS) is 19.2. The number of nitrogens with one attached hydrogen (secondary N) is 1. The first-order chi connectivity index (χ1) is 11.6. The molecular formula is C17H19BrN4O2. The van der Waals surface area contributed by atoms with Gasteiger partial charge >= 0.3 is 0 Å². The Hall–Kier alpha value is -1.70. The van der Waals surface area contributed by atoms with Crippen LogP contribution in [-0.4, -0.2) is 39.8 Å². The number of benzene rings is 1. The largest absolute Gasteiger partial charge is 0.439 e. The molecule has 1 unspecified atom stereocenters. The van der Waals surface area contributed by atoms with Gasteiger partial charge in [-0.3, -0.25) is 10.00 Å². The number of aromatic amines is 1. The molecule has 0 aliphatic carbocycles. The molecule has 3 heterocycles. The molecule has 6 nitrogen and oxygen atoms in total. The third-order valence-electron chi connectivity index (χ3n) is 4.49. The van der Waals surface area contributed by atoms with Crippen molar-refractivity contribution >= 4 is 27.0 Å². The van der Waals surface area contributed by atoms with Crippen LogP contribution in [0, 0.1) is 13.8 Å². The van der Waals surface area contributed by atoms with Gasteiger partial charge in [-0.1, -0.05) is 15.9 Å². The summed E-state index contributed by atoms with van der Waals surface area (Å²) >= 11 is 3.47. The predicted molar refractivity (Wildman–Crippen MR) is 93.7 cm³/mol. The first-order valence-corrected chi connectivity index (χ1v) is 8.79. The molecule has 1 aromatic carbocycles. The molecule has 0 spiro atoms. The van der Waals surface area contributed by atoms with E-state index in [2.05, 4.69) is 42.9 Å². The third kappa shape index (κ3) is 2.87. The Kier molecular flexibility index (Phi) is 4.15. The van der Waals surface area contributed by atoms with E-state index in [-0.39, 0.29) is 6.04 Å². The van der Waals surface area contributed by atoms with Crippen LogP contribution in [0.1, 0.15) is 28.9 Å². The highest BCUT2D eigenvalue weighted by Crippen LogP contribution is 2.30. The highest BCUT2D eigenvalue weighted by Gasteiger charge is 2.29. The van der Waals surface area contributed by atoms with Gasteiger partial charge in [-0.25, -0.2) is 4.98 Å². The molecule has 1 saturated heterocycles. The molecule has 0 bridgehead atoms.